The van der Waals surface area contributed by atoms with Crippen LogP contribution in [0, 0.1) is 0 Å². The van der Waals surface area contributed by atoms with Crippen molar-refractivity contribution in [2.75, 3.05) is 16.8 Å². The Balaban J connectivity index is 1.52. The van der Waals surface area contributed by atoms with Crippen molar-refractivity contribution in [3.63, 3.8) is 0 Å². The average Bonchev–Trinajstić information content (AvgIpc) is 3.35. The molecule has 174 valence electrons. The number of para-hydroxylation sites is 2. The molecule has 0 atom stereocenters. The van der Waals surface area contributed by atoms with Gasteiger partial charge in [-0.05, 0) is 43.2 Å². The molecule has 1 aliphatic heterocycles. The molecule has 1 aliphatic rings. The van der Waals surface area contributed by atoms with Crippen molar-refractivity contribution < 1.29 is 18.0 Å². The first-order chi connectivity index (χ1) is 15.8. The number of nitrogens with zero attached hydrogens (tertiary/aromatic N) is 3. The quantitative estimate of drug-likeness (QED) is 0.524. The van der Waals surface area contributed by atoms with E-state index >= 15 is 0 Å². The van der Waals surface area contributed by atoms with Crippen LogP contribution in [-0.4, -0.2) is 36.3 Å². The SMILES string of the molecule is CCCn1c(CCC(=O)Nc2ccccc2N2CCCC2=O)nc2cc(S(N)(=O)=O)ccc21. The predicted molar refractivity (Wildman–Crippen MR) is 126 cm³/mol. The number of amides is 2. The number of imidazole rings is 1. The minimum atomic E-state index is -3.83. The van der Waals surface area contributed by atoms with Gasteiger partial charge in [-0.2, -0.15) is 0 Å². The van der Waals surface area contributed by atoms with Gasteiger partial charge in [-0.25, -0.2) is 18.5 Å². The molecule has 0 spiro atoms. The second kappa shape index (κ2) is 9.32. The number of primary sulfonamides is 1. The molecule has 3 aromatic rings. The van der Waals surface area contributed by atoms with Crippen LogP contribution in [-0.2, 0) is 32.6 Å². The molecule has 2 amide bonds. The fourth-order valence-electron chi connectivity index (χ4n) is 4.16. The van der Waals surface area contributed by atoms with Gasteiger partial charge in [0.2, 0.25) is 21.8 Å². The van der Waals surface area contributed by atoms with Crippen molar-refractivity contribution in [3.05, 3.63) is 48.3 Å². The maximum atomic E-state index is 12.8. The van der Waals surface area contributed by atoms with E-state index in [9.17, 15) is 18.0 Å². The highest BCUT2D eigenvalue weighted by Gasteiger charge is 2.24. The molecule has 0 unspecified atom stereocenters. The number of aromatic nitrogens is 2. The highest BCUT2D eigenvalue weighted by molar-refractivity contribution is 7.89. The number of nitrogens with two attached hydrogens (primary N) is 1. The van der Waals surface area contributed by atoms with Gasteiger partial charge in [-0.15, -0.1) is 0 Å². The summed E-state index contributed by atoms with van der Waals surface area (Å²) in [5.74, 6) is 0.579. The van der Waals surface area contributed by atoms with Gasteiger partial charge in [0, 0.05) is 32.4 Å². The zero-order valence-electron chi connectivity index (χ0n) is 18.5. The Kier molecular flexibility index (Phi) is 6.48. The minimum absolute atomic E-state index is 0.00788. The van der Waals surface area contributed by atoms with E-state index in [2.05, 4.69) is 10.3 Å². The molecule has 0 radical (unpaired) electrons. The number of nitrogens with one attached hydrogen (secondary N) is 1. The Hall–Kier alpha value is -3.24. The van der Waals surface area contributed by atoms with Crippen molar-refractivity contribution in [1.29, 1.82) is 0 Å². The summed E-state index contributed by atoms with van der Waals surface area (Å²) >= 11 is 0. The molecule has 1 aromatic heterocycles. The Morgan fingerprint density at radius 1 is 1.21 bits per heavy atom. The zero-order valence-corrected chi connectivity index (χ0v) is 19.3. The third-order valence-electron chi connectivity index (χ3n) is 5.69. The summed E-state index contributed by atoms with van der Waals surface area (Å²) in [6, 6.07) is 11.9. The van der Waals surface area contributed by atoms with Crippen LogP contribution >= 0.6 is 0 Å². The molecular formula is C23H27N5O4S. The normalized spacial score (nSPS) is 14.2. The van der Waals surface area contributed by atoms with Gasteiger partial charge in [-0.3, -0.25) is 9.59 Å². The summed E-state index contributed by atoms with van der Waals surface area (Å²) in [5, 5.41) is 8.18. The second-order valence-corrected chi connectivity index (χ2v) is 9.65. The lowest BCUT2D eigenvalue weighted by Crippen LogP contribution is -2.25. The summed E-state index contributed by atoms with van der Waals surface area (Å²) in [4.78, 5) is 31.2. The summed E-state index contributed by atoms with van der Waals surface area (Å²) < 4.78 is 25.4. The number of rotatable bonds is 8. The van der Waals surface area contributed by atoms with E-state index < -0.39 is 10.0 Å². The maximum absolute atomic E-state index is 12.8. The first kappa shape index (κ1) is 22.9. The molecule has 9 nitrogen and oxygen atoms in total. The van der Waals surface area contributed by atoms with Crippen LogP contribution in [0.1, 0.15) is 38.4 Å². The molecule has 2 heterocycles. The molecule has 0 saturated carbocycles. The lowest BCUT2D eigenvalue weighted by molar-refractivity contribution is -0.117. The van der Waals surface area contributed by atoms with Gasteiger partial charge < -0.3 is 14.8 Å². The molecule has 4 rings (SSSR count). The molecule has 33 heavy (non-hydrogen) atoms. The number of anilines is 2. The molecule has 10 heteroatoms. The number of fused-ring (bicyclic) bond motifs is 1. The third kappa shape index (κ3) is 4.91. The zero-order chi connectivity index (χ0) is 23.6. The van der Waals surface area contributed by atoms with E-state index in [4.69, 9.17) is 5.14 Å². The highest BCUT2D eigenvalue weighted by Crippen LogP contribution is 2.29. The number of sulfonamides is 1. The summed E-state index contributed by atoms with van der Waals surface area (Å²) in [6.45, 7) is 3.38. The van der Waals surface area contributed by atoms with Gasteiger partial charge in [-0.1, -0.05) is 19.1 Å². The first-order valence-corrected chi connectivity index (χ1v) is 12.5. The van der Waals surface area contributed by atoms with Crippen LogP contribution in [0.4, 0.5) is 11.4 Å². The van der Waals surface area contributed by atoms with Gasteiger partial charge in [0.05, 0.1) is 27.3 Å². The number of hydrogen-bond acceptors (Lipinski definition) is 5. The smallest absolute Gasteiger partial charge is 0.238 e. The van der Waals surface area contributed by atoms with Crippen molar-refractivity contribution in [2.45, 2.75) is 50.5 Å². The number of aryl methyl sites for hydroxylation is 2. The molecule has 0 aliphatic carbocycles. The number of benzene rings is 2. The third-order valence-corrected chi connectivity index (χ3v) is 6.60. The van der Waals surface area contributed by atoms with E-state index in [1.54, 1.807) is 17.0 Å². The van der Waals surface area contributed by atoms with Crippen LogP contribution < -0.4 is 15.4 Å². The lowest BCUT2D eigenvalue weighted by atomic mass is 10.2. The Morgan fingerprint density at radius 3 is 2.70 bits per heavy atom. The summed E-state index contributed by atoms with van der Waals surface area (Å²) in [7, 11) is -3.83. The Bertz CT molecular complexity index is 1320. The maximum Gasteiger partial charge on any atom is 0.238 e. The van der Waals surface area contributed by atoms with E-state index in [1.807, 2.05) is 29.7 Å². The van der Waals surface area contributed by atoms with Crippen LogP contribution in [0.5, 0.6) is 0 Å². The van der Waals surface area contributed by atoms with E-state index in [1.165, 1.54) is 12.1 Å². The predicted octanol–water partition coefficient (Wildman–Crippen LogP) is 2.79. The van der Waals surface area contributed by atoms with Crippen molar-refractivity contribution in [3.8, 4) is 0 Å². The van der Waals surface area contributed by atoms with Crippen molar-refractivity contribution in [1.82, 2.24) is 9.55 Å². The van der Waals surface area contributed by atoms with Crippen LogP contribution in [0.15, 0.2) is 47.4 Å². The molecule has 2 aromatic carbocycles. The molecule has 3 N–H and O–H groups in total. The standard InChI is InChI=1S/C23H27N5O4S/c1-2-13-27-20-10-9-16(33(24,31)32)15-18(20)25-21(27)11-12-22(29)26-17-6-3-4-7-19(17)28-14-5-8-23(28)30/h3-4,6-7,9-10,15H,2,5,8,11-14H2,1H3,(H,26,29)(H2,24,31,32). The van der Waals surface area contributed by atoms with Crippen LogP contribution in [0.3, 0.4) is 0 Å². The lowest BCUT2D eigenvalue weighted by Gasteiger charge is -2.20. The van der Waals surface area contributed by atoms with Gasteiger partial charge >= 0.3 is 0 Å². The summed E-state index contributed by atoms with van der Waals surface area (Å²) in [5.41, 5.74) is 2.65. The van der Waals surface area contributed by atoms with Crippen molar-refractivity contribution in [2.24, 2.45) is 5.14 Å². The number of carbonyl (C=O) groups is 2. The molecular weight excluding hydrogens is 442 g/mol. The Labute approximate surface area is 192 Å². The fraction of sp³-hybridized carbons (Fsp3) is 0.348. The minimum Gasteiger partial charge on any atom is -0.328 e. The van der Waals surface area contributed by atoms with E-state index in [0.29, 0.717) is 48.6 Å². The summed E-state index contributed by atoms with van der Waals surface area (Å²) in [6.07, 6.45) is 2.76. The van der Waals surface area contributed by atoms with Gasteiger partial charge in [0.25, 0.3) is 0 Å². The molecule has 1 saturated heterocycles. The largest absolute Gasteiger partial charge is 0.328 e. The van der Waals surface area contributed by atoms with Gasteiger partial charge in [0.1, 0.15) is 5.82 Å². The van der Waals surface area contributed by atoms with Gasteiger partial charge in [0.15, 0.2) is 0 Å². The average molecular weight is 470 g/mol. The monoisotopic (exact) mass is 469 g/mol. The van der Waals surface area contributed by atoms with Crippen LogP contribution in [0.25, 0.3) is 11.0 Å². The van der Waals surface area contributed by atoms with Crippen LogP contribution in [0.2, 0.25) is 0 Å². The number of carbonyl (C=O) groups excluding carboxylic acids is 2. The highest BCUT2D eigenvalue weighted by atomic mass is 32.2. The fourth-order valence-corrected chi connectivity index (χ4v) is 4.69. The first-order valence-electron chi connectivity index (χ1n) is 11.0. The Morgan fingerprint density at radius 2 is 2.00 bits per heavy atom. The van der Waals surface area contributed by atoms with E-state index in [-0.39, 0.29) is 23.1 Å². The number of hydrogen-bond donors (Lipinski definition) is 2. The molecule has 1 fully saturated rings. The van der Waals surface area contributed by atoms with E-state index in [0.717, 1.165) is 18.4 Å². The second-order valence-electron chi connectivity index (χ2n) is 8.09. The van der Waals surface area contributed by atoms with Crippen molar-refractivity contribution >= 4 is 44.2 Å². The molecule has 0 bridgehead atoms. The topological polar surface area (TPSA) is 127 Å².